The van der Waals surface area contributed by atoms with E-state index >= 15 is 43.9 Å². The highest BCUT2D eigenvalue weighted by molar-refractivity contribution is 5.85. The number of carbonyl (C=O) groups is 3. The van der Waals surface area contributed by atoms with E-state index in [0.29, 0.717) is 0 Å². The van der Waals surface area contributed by atoms with Gasteiger partial charge in [-0.05, 0) is 0 Å². The molecule has 1 N–H and O–H groups in total. The molecule has 0 saturated heterocycles. The summed E-state index contributed by atoms with van der Waals surface area (Å²) in [6.45, 7) is -21.7. The van der Waals surface area contributed by atoms with Gasteiger partial charge in [-0.25, -0.2) is 40.7 Å². The zero-order chi connectivity index (χ0) is 54.0. The number of aliphatic hydroxyl groups is 1. The van der Waals surface area contributed by atoms with Gasteiger partial charge in [-0.2, -0.15) is 74.6 Å². The van der Waals surface area contributed by atoms with Crippen molar-refractivity contribution >= 4 is 17.9 Å². The van der Waals surface area contributed by atoms with Gasteiger partial charge >= 0.3 is 72.5 Å². The van der Waals surface area contributed by atoms with Gasteiger partial charge in [0.2, 0.25) is 17.5 Å². The average molecular weight is 1060 g/mol. The lowest BCUT2D eigenvalue weighted by Crippen LogP contribution is -2.72. The molecule has 36 heteroatoms. The van der Waals surface area contributed by atoms with E-state index in [1.54, 1.807) is 0 Å². The first-order valence-electron chi connectivity index (χ1n) is 17.0. The van der Waals surface area contributed by atoms with Gasteiger partial charge in [0.15, 0.2) is 18.6 Å². The summed E-state index contributed by atoms with van der Waals surface area (Å²) in [5, 5.41) is 9.45. The van der Waals surface area contributed by atoms with Gasteiger partial charge in [0, 0.05) is 6.92 Å². The van der Waals surface area contributed by atoms with Gasteiger partial charge in [-0.1, -0.05) is 19.7 Å². The van der Waals surface area contributed by atoms with E-state index in [0.717, 1.165) is 0 Å². The molecule has 0 aromatic carbocycles. The van der Waals surface area contributed by atoms with Crippen molar-refractivity contribution in [1.29, 1.82) is 0 Å². The quantitative estimate of drug-likeness (QED) is 0.0291. The van der Waals surface area contributed by atoms with Crippen LogP contribution in [0.2, 0.25) is 0 Å². The molecule has 0 saturated carbocycles. The van der Waals surface area contributed by atoms with E-state index in [1.807, 2.05) is 0 Å². The zero-order valence-electron chi connectivity index (χ0n) is 33.3. The van der Waals surface area contributed by atoms with Gasteiger partial charge in [0.25, 0.3) is 11.8 Å². The van der Waals surface area contributed by atoms with Crippen molar-refractivity contribution in [1.82, 2.24) is 0 Å². The second-order valence-corrected chi connectivity index (χ2v) is 13.2. The maximum Gasteiger partial charge on any atom is 0.385 e. The fourth-order valence-corrected chi connectivity index (χ4v) is 4.17. The molecule has 13 nitrogen and oxygen atoms in total. The molecule has 0 rings (SSSR count). The number of halogens is 23. The summed E-state index contributed by atoms with van der Waals surface area (Å²) in [5.74, 6) is -24.2. The lowest BCUT2D eigenvalue weighted by atomic mass is 9.82. The number of rotatable bonds is 33. The van der Waals surface area contributed by atoms with Crippen molar-refractivity contribution in [2.24, 2.45) is 10.8 Å². The Hall–Kier alpha value is -4.26. The van der Waals surface area contributed by atoms with Gasteiger partial charge in [-0.15, -0.1) is 0 Å². The van der Waals surface area contributed by atoms with Crippen LogP contribution in [-0.2, 0) is 57.0 Å². The maximum atomic E-state index is 16.2. The molecule has 0 spiro atoms. The van der Waals surface area contributed by atoms with Crippen LogP contribution in [0.3, 0.4) is 0 Å². The first kappa shape index (κ1) is 63.7. The Bertz CT molecular complexity index is 1750. The summed E-state index contributed by atoms with van der Waals surface area (Å²) in [7, 11) is 0. The lowest BCUT2D eigenvalue weighted by Gasteiger charge is -2.49. The normalized spacial score (nSPS) is 15.6. The Morgan fingerprint density at radius 2 is 0.941 bits per heavy atom. The first-order chi connectivity index (χ1) is 30.2. The Balaban J connectivity index is 8.15. The summed E-state index contributed by atoms with van der Waals surface area (Å²) in [6.07, 6.45) is -55.9. The van der Waals surface area contributed by atoms with Crippen molar-refractivity contribution in [2.45, 2.75) is 74.4 Å². The fourth-order valence-electron chi connectivity index (χ4n) is 4.17. The Kier molecular flexibility index (Phi) is 21.7. The summed E-state index contributed by atoms with van der Waals surface area (Å²) in [4.78, 5) is 33.3. The van der Waals surface area contributed by atoms with E-state index in [9.17, 15) is 76.6 Å². The minimum absolute atomic E-state index is 0.631. The molecule has 0 aliphatic rings. The van der Waals surface area contributed by atoms with Crippen molar-refractivity contribution in [3.8, 4) is 0 Å². The molecule has 2 unspecified atom stereocenters. The zero-order valence-corrected chi connectivity index (χ0v) is 33.3. The van der Waals surface area contributed by atoms with Crippen LogP contribution in [0.1, 0.15) is 13.3 Å². The number of alkyl halides is 20. The monoisotopic (exact) mass is 1060 g/mol. The molecule has 0 aromatic heterocycles. The summed E-state index contributed by atoms with van der Waals surface area (Å²) >= 11 is 0. The van der Waals surface area contributed by atoms with E-state index in [4.69, 9.17) is 0 Å². The molecule has 0 radical (unpaired) electrons. The lowest BCUT2D eigenvalue weighted by molar-refractivity contribution is -0.549. The third-order valence-electron chi connectivity index (χ3n) is 7.54. The molecular weight excluding hydrogens is 1030 g/mol. The predicted octanol–water partition coefficient (Wildman–Crippen LogP) is 8.23. The third-order valence-corrected chi connectivity index (χ3v) is 7.54. The molecular formula is C32H31F23O13. The first-order valence-corrected chi connectivity index (χ1v) is 17.0. The highest BCUT2D eigenvalue weighted by atomic mass is 19.3. The average Bonchev–Trinajstić information content (AvgIpc) is 3.12. The standard InChI is InChI=1S/C32H31F23O13/c1-15(33)19(56)62-6-5-27(44,45)67-29(48,49)23(8-60-7-18(36)37,9-65-22(4,38)39)30(50,51)68-32(54,55)26(28(46,47)59,14-61-10-24(40,41)11-63-20(57)16(2)34)31(52,53)66-13-25(42,43)12-64-21(58)17(3)35/h18,59H,1-3,5-14H2,4H3. The van der Waals surface area contributed by atoms with E-state index in [1.165, 1.54) is 0 Å². The van der Waals surface area contributed by atoms with Crippen LogP contribution in [0.25, 0.3) is 0 Å². The highest BCUT2D eigenvalue weighted by Crippen LogP contribution is 2.62. The second kappa shape index (κ2) is 23.1. The maximum absolute atomic E-state index is 16.2. The number of ether oxygens (including phenoxy) is 9. The largest absolute Gasteiger partial charge is 0.460 e. The van der Waals surface area contributed by atoms with Gasteiger partial charge < -0.3 is 38.3 Å². The topological polar surface area (TPSA) is 155 Å². The van der Waals surface area contributed by atoms with Crippen molar-refractivity contribution in [2.75, 3.05) is 59.5 Å². The number of esters is 3. The van der Waals surface area contributed by atoms with Crippen LogP contribution in [-0.4, -0.2) is 144 Å². The number of carbonyl (C=O) groups excluding carboxylic acids is 3. The highest BCUT2D eigenvalue weighted by Gasteiger charge is 2.86. The summed E-state index contributed by atoms with van der Waals surface area (Å²) < 4.78 is 366. The molecule has 398 valence electrons. The molecule has 0 aliphatic heterocycles. The second-order valence-electron chi connectivity index (χ2n) is 13.2. The fraction of sp³-hybridized carbons (Fsp3) is 0.719. The van der Waals surface area contributed by atoms with Crippen LogP contribution in [0.4, 0.5) is 101 Å². The van der Waals surface area contributed by atoms with E-state index in [2.05, 4.69) is 62.4 Å². The molecule has 0 aliphatic carbocycles. The molecule has 0 aromatic rings. The smallest absolute Gasteiger partial charge is 0.385 e. The Morgan fingerprint density at radius 1 is 0.515 bits per heavy atom. The molecule has 0 heterocycles. The molecule has 0 fully saturated rings. The molecule has 0 bridgehead atoms. The Labute approximate surface area is 363 Å². The summed E-state index contributed by atoms with van der Waals surface area (Å²) in [5.41, 5.74) is -13.8. The van der Waals surface area contributed by atoms with Gasteiger partial charge in [0.1, 0.15) is 26.4 Å². The van der Waals surface area contributed by atoms with Crippen molar-refractivity contribution in [3.05, 3.63) is 37.2 Å². The van der Waals surface area contributed by atoms with Gasteiger partial charge in [0.05, 0.1) is 26.2 Å². The van der Waals surface area contributed by atoms with Crippen LogP contribution >= 0.6 is 0 Å². The number of hydrogen-bond acceptors (Lipinski definition) is 13. The predicted molar refractivity (Wildman–Crippen MR) is 167 cm³/mol. The SMILES string of the molecule is C=C(F)C(=O)OCCC(F)(F)OC(F)(F)C(COCC(F)F)(COC(C)(F)F)C(F)(F)OC(F)(F)C(COCC(F)(F)COC(=O)C(=C)F)(C(O)(F)F)C(F)(F)OCC(F)(F)COC(=O)C(=C)F. The van der Waals surface area contributed by atoms with Crippen molar-refractivity contribution < 1.29 is 163 Å². The van der Waals surface area contributed by atoms with E-state index in [-0.39, 0.29) is 0 Å². The molecule has 2 atom stereocenters. The number of hydrogen-bond donors (Lipinski definition) is 1. The molecule has 0 amide bonds. The Morgan fingerprint density at radius 3 is 1.35 bits per heavy atom. The van der Waals surface area contributed by atoms with Crippen LogP contribution < -0.4 is 0 Å². The van der Waals surface area contributed by atoms with Crippen LogP contribution in [0.5, 0.6) is 0 Å². The van der Waals surface area contributed by atoms with E-state index < -0.39 is 180 Å². The molecule has 68 heavy (non-hydrogen) atoms. The third kappa shape index (κ3) is 17.9. The minimum Gasteiger partial charge on any atom is -0.460 e. The van der Waals surface area contributed by atoms with Crippen molar-refractivity contribution in [3.63, 3.8) is 0 Å². The summed E-state index contributed by atoms with van der Waals surface area (Å²) in [6, 6.07) is 0. The van der Waals surface area contributed by atoms with Gasteiger partial charge in [-0.3, -0.25) is 9.47 Å². The van der Waals surface area contributed by atoms with Crippen LogP contribution in [0.15, 0.2) is 37.2 Å². The van der Waals surface area contributed by atoms with Crippen LogP contribution in [0, 0.1) is 10.8 Å². The minimum atomic E-state index is -8.07.